The van der Waals surface area contributed by atoms with Gasteiger partial charge in [-0.05, 0) is 24.0 Å². The van der Waals surface area contributed by atoms with Crippen LogP contribution in [-0.4, -0.2) is 41.8 Å². The zero-order valence-electron chi connectivity index (χ0n) is 16.8. The first-order valence-electron chi connectivity index (χ1n) is 10.2. The van der Waals surface area contributed by atoms with Crippen LogP contribution in [0.1, 0.15) is 30.0 Å². The Morgan fingerprint density at radius 3 is 2.13 bits per heavy atom. The minimum atomic E-state index is -1.34. The van der Waals surface area contributed by atoms with Gasteiger partial charge in [0.2, 0.25) is 5.91 Å². The van der Waals surface area contributed by atoms with Crippen molar-refractivity contribution in [1.29, 1.82) is 0 Å². The lowest BCUT2D eigenvalue weighted by atomic mass is 9.94. The number of aliphatic carboxylic acids is 1. The lowest BCUT2D eigenvalue weighted by Crippen LogP contribution is -2.69. The van der Waals surface area contributed by atoms with Crippen LogP contribution in [0.3, 0.4) is 0 Å². The molecule has 3 rings (SSSR count). The van der Waals surface area contributed by atoms with Gasteiger partial charge in [0, 0.05) is 25.4 Å². The molecule has 0 bridgehead atoms. The third-order valence-corrected chi connectivity index (χ3v) is 5.51. The summed E-state index contributed by atoms with van der Waals surface area (Å²) in [5.74, 6) is -2.02. The van der Waals surface area contributed by atoms with Gasteiger partial charge < -0.3 is 25.9 Å². The maximum absolute atomic E-state index is 12.7. The molecule has 0 radical (unpaired) electrons. The molecule has 30 heavy (non-hydrogen) atoms. The normalized spacial score (nSPS) is 16.5. The van der Waals surface area contributed by atoms with Gasteiger partial charge in [0.15, 0.2) is 6.04 Å². The second kappa shape index (κ2) is 10.0. The molecule has 7 nitrogen and oxygen atoms in total. The second-order valence-electron chi connectivity index (χ2n) is 7.66. The molecule has 1 aliphatic heterocycles. The number of benzene rings is 2. The standard InChI is InChI=1S/C23H27N3O4/c24-19(15-16-7-3-1-4-8-16)22(28)26-13-11-18(12-14-26)21(27)25-20(23(29)30)17-9-5-2-6-10-17/h1-10,18-20H,11-15,24H2,(H,25,27)(H,29,30)/t19-,20-/m0/s1. The highest BCUT2D eigenvalue weighted by molar-refractivity contribution is 5.85. The molecule has 0 aromatic heterocycles. The fourth-order valence-corrected chi connectivity index (χ4v) is 3.79. The highest BCUT2D eigenvalue weighted by atomic mass is 16.4. The van der Waals surface area contributed by atoms with Crippen molar-refractivity contribution in [2.24, 2.45) is 5.92 Å². The number of nitrogens with one attached hydrogen (secondary N) is 1. The van der Waals surface area contributed by atoms with Crippen LogP contribution in [-0.2, 0) is 20.8 Å². The van der Waals surface area contributed by atoms with Crippen molar-refractivity contribution in [3.05, 3.63) is 71.8 Å². The smallest absolute Gasteiger partial charge is 0.281 e. The van der Waals surface area contributed by atoms with E-state index in [1.807, 2.05) is 30.3 Å². The molecule has 2 aromatic carbocycles. The summed E-state index contributed by atoms with van der Waals surface area (Å²) in [5.41, 5.74) is 5.55. The Kier molecular flexibility index (Phi) is 7.19. The summed E-state index contributed by atoms with van der Waals surface area (Å²) in [4.78, 5) is 38.6. The monoisotopic (exact) mass is 409 g/mol. The minimum Gasteiger partial charge on any atom is -0.548 e. The van der Waals surface area contributed by atoms with Crippen LogP contribution in [0, 0.1) is 5.92 Å². The van der Waals surface area contributed by atoms with Gasteiger partial charge in [-0.25, -0.2) is 0 Å². The lowest BCUT2D eigenvalue weighted by Gasteiger charge is -2.33. The summed E-state index contributed by atoms with van der Waals surface area (Å²) in [6.45, 7) is 0.915. The first-order valence-corrected chi connectivity index (χ1v) is 10.2. The van der Waals surface area contributed by atoms with Gasteiger partial charge in [-0.1, -0.05) is 60.7 Å². The third-order valence-electron chi connectivity index (χ3n) is 5.51. The van der Waals surface area contributed by atoms with Crippen LogP contribution in [0.2, 0.25) is 0 Å². The predicted octanol–water partition coefficient (Wildman–Crippen LogP) is -0.314. The number of piperidine rings is 1. The average molecular weight is 409 g/mol. The molecule has 1 aliphatic rings. The molecule has 1 saturated heterocycles. The van der Waals surface area contributed by atoms with Gasteiger partial charge in [-0.15, -0.1) is 0 Å². The molecule has 158 valence electrons. The molecule has 0 aliphatic carbocycles. The molecule has 7 heteroatoms. The van der Waals surface area contributed by atoms with E-state index in [1.54, 1.807) is 35.2 Å². The average Bonchev–Trinajstić information content (AvgIpc) is 2.78. The molecule has 1 heterocycles. The molecule has 0 spiro atoms. The van der Waals surface area contributed by atoms with Gasteiger partial charge >= 0.3 is 0 Å². The van der Waals surface area contributed by atoms with E-state index in [0.29, 0.717) is 37.9 Å². The molecule has 2 amide bonds. The molecule has 2 aromatic rings. The van der Waals surface area contributed by atoms with Crippen LogP contribution < -0.4 is 16.2 Å². The minimum absolute atomic E-state index is 0.0189. The Bertz CT molecular complexity index is 865. The summed E-state index contributed by atoms with van der Waals surface area (Å²) in [6, 6.07) is 16.7. The van der Waals surface area contributed by atoms with E-state index >= 15 is 0 Å². The number of hydrogen-bond donors (Lipinski definition) is 2. The van der Waals surface area contributed by atoms with Gasteiger partial charge in [0.1, 0.15) is 0 Å². The molecular formula is C23H27N3O4. The van der Waals surface area contributed by atoms with Crippen LogP contribution in [0.25, 0.3) is 0 Å². The van der Waals surface area contributed by atoms with E-state index in [1.165, 1.54) is 0 Å². The summed E-state index contributed by atoms with van der Waals surface area (Å²) >= 11 is 0. The Morgan fingerprint density at radius 1 is 1.00 bits per heavy atom. The Morgan fingerprint density at radius 2 is 1.57 bits per heavy atom. The molecule has 2 atom stereocenters. The van der Waals surface area contributed by atoms with E-state index in [-0.39, 0.29) is 23.8 Å². The highest BCUT2D eigenvalue weighted by Gasteiger charge is 2.32. The maximum Gasteiger partial charge on any atom is 0.281 e. The van der Waals surface area contributed by atoms with Crippen molar-refractivity contribution in [3.8, 4) is 0 Å². The van der Waals surface area contributed by atoms with E-state index < -0.39 is 12.0 Å². The first kappa shape index (κ1) is 21.5. The molecule has 4 N–H and O–H groups in total. The number of rotatable bonds is 7. The molecule has 1 fully saturated rings. The van der Waals surface area contributed by atoms with Gasteiger partial charge in [0.05, 0.1) is 12.0 Å². The van der Waals surface area contributed by atoms with Crippen molar-refractivity contribution in [2.75, 3.05) is 13.1 Å². The van der Waals surface area contributed by atoms with Crippen molar-refractivity contribution in [3.63, 3.8) is 0 Å². The Hall–Kier alpha value is -3.19. The highest BCUT2D eigenvalue weighted by Crippen LogP contribution is 2.20. The molecule has 0 saturated carbocycles. The number of likely N-dealkylation sites (tertiary alicyclic amines) is 1. The molecule has 0 unspecified atom stereocenters. The van der Waals surface area contributed by atoms with E-state index in [2.05, 4.69) is 11.1 Å². The zero-order valence-corrected chi connectivity index (χ0v) is 16.8. The SMILES string of the molecule is [NH3+][C@@H](Cc1ccccc1)C(=O)N1CCC(C(=O)N[C@H](C(=O)[O-])c2ccccc2)CC1. The fraction of sp³-hybridized carbons (Fsp3) is 0.348. The number of quaternary nitrogens is 1. The van der Waals surface area contributed by atoms with Crippen molar-refractivity contribution >= 4 is 17.8 Å². The zero-order chi connectivity index (χ0) is 21.5. The van der Waals surface area contributed by atoms with Crippen LogP contribution in [0.15, 0.2) is 60.7 Å². The van der Waals surface area contributed by atoms with Crippen molar-refractivity contribution in [2.45, 2.75) is 31.3 Å². The molecular weight excluding hydrogens is 382 g/mol. The van der Waals surface area contributed by atoms with Crippen molar-refractivity contribution < 1.29 is 25.2 Å². The van der Waals surface area contributed by atoms with Gasteiger partial charge in [0.25, 0.3) is 5.91 Å². The Labute approximate surface area is 175 Å². The third kappa shape index (κ3) is 5.45. The number of nitrogens with zero attached hydrogens (tertiary/aromatic N) is 1. The van der Waals surface area contributed by atoms with Crippen LogP contribution >= 0.6 is 0 Å². The number of carboxylic acid groups (broad SMARTS) is 1. The van der Waals surface area contributed by atoms with Crippen LogP contribution in [0.5, 0.6) is 0 Å². The topological polar surface area (TPSA) is 117 Å². The van der Waals surface area contributed by atoms with E-state index in [4.69, 9.17) is 0 Å². The lowest BCUT2D eigenvalue weighted by molar-refractivity contribution is -0.405. The Balaban J connectivity index is 1.52. The van der Waals surface area contributed by atoms with Gasteiger partial charge in [-0.2, -0.15) is 0 Å². The number of carbonyl (C=O) groups is 3. The largest absolute Gasteiger partial charge is 0.548 e. The van der Waals surface area contributed by atoms with E-state index in [0.717, 1.165) is 5.56 Å². The summed E-state index contributed by atoms with van der Waals surface area (Å²) < 4.78 is 0. The van der Waals surface area contributed by atoms with Crippen LogP contribution in [0.4, 0.5) is 0 Å². The summed E-state index contributed by atoms with van der Waals surface area (Å²) in [7, 11) is 0. The number of hydrogen-bond acceptors (Lipinski definition) is 4. The summed E-state index contributed by atoms with van der Waals surface area (Å²) in [6.07, 6.45) is 1.55. The second-order valence-corrected chi connectivity index (χ2v) is 7.66. The fourth-order valence-electron chi connectivity index (χ4n) is 3.79. The van der Waals surface area contributed by atoms with E-state index in [9.17, 15) is 19.5 Å². The predicted molar refractivity (Wildman–Crippen MR) is 108 cm³/mol. The van der Waals surface area contributed by atoms with Crippen molar-refractivity contribution in [1.82, 2.24) is 10.2 Å². The number of carboxylic acids is 1. The number of amides is 2. The number of carbonyl (C=O) groups excluding carboxylic acids is 3. The maximum atomic E-state index is 12.7. The quantitative estimate of drug-likeness (QED) is 0.652. The van der Waals surface area contributed by atoms with Gasteiger partial charge in [-0.3, -0.25) is 9.59 Å². The first-order chi connectivity index (χ1) is 14.5. The summed E-state index contributed by atoms with van der Waals surface area (Å²) in [5, 5.41) is 14.1.